The lowest BCUT2D eigenvalue weighted by atomic mass is 10.2. The van der Waals surface area contributed by atoms with E-state index in [1.54, 1.807) is 4.90 Å². The van der Waals surface area contributed by atoms with Crippen LogP contribution in [0.5, 0.6) is 0 Å². The van der Waals surface area contributed by atoms with Crippen molar-refractivity contribution >= 4 is 23.5 Å². The second-order valence-electron chi connectivity index (χ2n) is 3.19. The van der Waals surface area contributed by atoms with Crippen molar-refractivity contribution < 1.29 is 9.59 Å². The maximum Gasteiger partial charge on any atom is 0.290 e. The quantitative estimate of drug-likeness (QED) is 0.551. The van der Waals surface area contributed by atoms with Crippen molar-refractivity contribution in [2.24, 2.45) is 0 Å². The summed E-state index contributed by atoms with van der Waals surface area (Å²) in [7, 11) is 0. The van der Waals surface area contributed by atoms with Crippen molar-refractivity contribution in [1.82, 2.24) is 4.90 Å². The minimum Gasteiger partial charge on any atom is -0.332 e. The second kappa shape index (κ2) is 3.09. The number of likely N-dealkylation sites (tertiary alicyclic amines) is 1. The first-order valence-electron chi connectivity index (χ1n) is 4.20. The van der Waals surface area contributed by atoms with Gasteiger partial charge in [0.2, 0.25) is 5.78 Å². The number of Topliss-reactive ketones (excluding diaryl/α,β-unsaturated/α-hetero) is 1. The summed E-state index contributed by atoms with van der Waals surface area (Å²) in [5, 5.41) is 0. The van der Waals surface area contributed by atoms with Crippen LogP contribution < -0.4 is 0 Å². The second-order valence-corrected chi connectivity index (χ2v) is 4.34. The lowest BCUT2D eigenvalue weighted by Crippen LogP contribution is -2.37. The summed E-state index contributed by atoms with van der Waals surface area (Å²) in [6.45, 7) is 0.656. The van der Waals surface area contributed by atoms with Gasteiger partial charge in [-0.2, -0.15) is 11.8 Å². The molecule has 2 aliphatic heterocycles. The normalized spacial score (nSPS) is 30.3. The molecule has 0 N–H and O–H groups in total. The Morgan fingerprint density at radius 1 is 1.42 bits per heavy atom. The molecule has 0 radical (unpaired) electrons. The van der Waals surface area contributed by atoms with Crippen LogP contribution in [-0.2, 0) is 9.59 Å². The Morgan fingerprint density at radius 2 is 2.25 bits per heavy atom. The molecule has 66 valence electrons. The molecule has 1 amide bonds. The molecule has 1 atom stereocenters. The first-order valence-corrected chi connectivity index (χ1v) is 5.36. The Hall–Kier alpha value is -0.510. The van der Waals surface area contributed by atoms with Crippen molar-refractivity contribution in [3.8, 4) is 0 Å². The zero-order valence-electron chi connectivity index (χ0n) is 6.78. The van der Waals surface area contributed by atoms with Crippen LogP contribution in [0.1, 0.15) is 12.8 Å². The average molecular weight is 185 g/mol. The molecule has 2 aliphatic rings. The average Bonchev–Trinajstić information content (AvgIpc) is 2.64. The molecule has 4 heteroatoms. The van der Waals surface area contributed by atoms with Gasteiger partial charge in [-0.05, 0) is 12.2 Å². The van der Waals surface area contributed by atoms with Crippen molar-refractivity contribution in [1.29, 1.82) is 0 Å². The summed E-state index contributed by atoms with van der Waals surface area (Å²) in [5.74, 6) is 1.69. The third kappa shape index (κ3) is 1.24. The Bertz CT molecular complexity index is 223. The number of hydrogen-bond donors (Lipinski definition) is 0. The predicted molar refractivity (Wildman–Crippen MR) is 47.1 cm³/mol. The molecule has 2 fully saturated rings. The Balaban J connectivity index is 2.04. The van der Waals surface area contributed by atoms with E-state index in [2.05, 4.69) is 0 Å². The van der Waals surface area contributed by atoms with E-state index in [4.69, 9.17) is 0 Å². The van der Waals surface area contributed by atoms with Gasteiger partial charge in [0.15, 0.2) is 0 Å². The molecule has 0 spiro atoms. The van der Waals surface area contributed by atoms with E-state index in [9.17, 15) is 9.59 Å². The molecular weight excluding hydrogens is 174 g/mol. The van der Waals surface area contributed by atoms with Gasteiger partial charge in [0.05, 0.1) is 0 Å². The predicted octanol–water partition coefficient (Wildman–Crippen LogP) is 0.293. The van der Waals surface area contributed by atoms with E-state index < -0.39 is 0 Å². The van der Waals surface area contributed by atoms with Crippen molar-refractivity contribution in [3.05, 3.63) is 0 Å². The highest BCUT2D eigenvalue weighted by Crippen LogP contribution is 2.24. The smallest absolute Gasteiger partial charge is 0.290 e. The molecule has 0 aromatic carbocycles. The molecule has 2 saturated heterocycles. The van der Waals surface area contributed by atoms with Crippen LogP contribution in [0.2, 0.25) is 0 Å². The standard InChI is InChI=1S/C8H11NO2S/c10-7-1-3-9(8(7)11)6-2-4-12-5-6/h6H,1-5H2. The number of amides is 1. The summed E-state index contributed by atoms with van der Waals surface area (Å²) in [5.41, 5.74) is 0. The summed E-state index contributed by atoms with van der Waals surface area (Å²) in [4.78, 5) is 24.0. The third-order valence-electron chi connectivity index (χ3n) is 2.43. The first kappa shape index (κ1) is 8.10. The summed E-state index contributed by atoms with van der Waals surface area (Å²) >= 11 is 1.87. The molecule has 2 rings (SSSR count). The number of carbonyl (C=O) groups excluding carboxylic acids is 2. The summed E-state index contributed by atoms with van der Waals surface area (Å²) in [6, 6.07) is 0.342. The van der Waals surface area contributed by atoms with Crippen LogP contribution in [0.15, 0.2) is 0 Å². The zero-order valence-corrected chi connectivity index (χ0v) is 7.60. The lowest BCUT2D eigenvalue weighted by molar-refractivity contribution is -0.140. The fourth-order valence-corrected chi connectivity index (χ4v) is 2.93. The topological polar surface area (TPSA) is 37.4 Å². The van der Waals surface area contributed by atoms with E-state index in [1.807, 2.05) is 11.8 Å². The van der Waals surface area contributed by atoms with Gasteiger partial charge in [0.1, 0.15) is 0 Å². The minimum absolute atomic E-state index is 0.202. The Labute approximate surface area is 75.5 Å². The van der Waals surface area contributed by atoms with Gasteiger partial charge < -0.3 is 4.90 Å². The van der Waals surface area contributed by atoms with Crippen molar-refractivity contribution in [3.63, 3.8) is 0 Å². The van der Waals surface area contributed by atoms with E-state index >= 15 is 0 Å². The van der Waals surface area contributed by atoms with Gasteiger partial charge in [0, 0.05) is 24.8 Å². The molecule has 0 saturated carbocycles. The largest absolute Gasteiger partial charge is 0.332 e. The van der Waals surface area contributed by atoms with E-state index in [0.29, 0.717) is 19.0 Å². The molecule has 0 aromatic heterocycles. The monoisotopic (exact) mass is 185 g/mol. The fraction of sp³-hybridized carbons (Fsp3) is 0.750. The number of thioether (sulfide) groups is 1. The lowest BCUT2D eigenvalue weighted by Gasteiger charge is -2.21. The summed E-state index contributed by atoms with van der Waals surface area (Å²) < 4.78 is 0. The third-order valence-corrected chi connectivity index (χ3v) is 3.57. The Kier molecular flexibility index (Phi) is 2.09. The zero-order chi connectivity index (χ0) is 8.55. The van der Waals surface area contributed by atoms with Crippen LogP contribution >= 0.6 is 11.8 Å². The van der Waals surface area contributed by atoms with Gasteiger partial charge in [0.25, 0.3) is 5.91 Å². The number of nitrogens with zero attached hydrogens (tertiary/aromatic N) is 1. The van der Waals surface area contributed by atoms with Gasteiger partial charge in [-0.1, -0.05) is 0 Å². The van der Waals surface area contributed by atoms with Crippen LogP contribution in [0.3, 0.4) is 0 Å². The van der Waals surface area contributed by atoms with Gasteiger partial charge >= 0.3 is 0 Å². The SMILES string of the molecule is O=C1CCN(C2CCSC2)C1=O. The minimum atomic E-state index is -0.248. The Morgan fingerprint density at radius 3 is 2.75 bits per heavy atom. The molecule has 1 unspecified atom stereocenters. The highest BCUT2D eigenvalue weighted by molar-refractivity contribution is 7.99. The highest BCUT2D eigenvalue weighted by atomic mass is 32.2. The number of carbonyl (C=O) groups is 2. The molecule has 12 heavy (non-hydrogen) atoms. The van der Waals surface area contributed by atoms with E-state index in [-0.39, 0.29) is 11.7 Å². The molecule has 2 heterocycles. The van der Waals surface area contributed by atoms with E-state index in [1.165, 1.54) is 0 Å². The molecule has 0 bridgehead atoms. The van der Waals surface area contributed by atoms with Crippen LogP contribution in [0, 0.1) is 0 Å². The van der Waals surface area contributed by atoms with Gasteiger partial charge in [-0.15, -0.1) is 0 Å². The van der Waals surface area contributed by atoms with Gasteiger partial charge in [-0.25, -0.2) is 0 Å². The molecular formula is C8H11NO2S. The maximum absolute atomic E-state index is 11.3. The van der Waals surface area contributed by atoms with Crippen LogP contribution in [-0.4, -0.2) is 40.7 Å². The number of ketones is 1. The molecule has 0 aromatic rings. The van der Waals surface area contributed by atoms with Crippen LogP contribution in [0.25, 0.3) is 0 Å². The van der Waals surface area contributed by atoms with E-state index in [0.717, 1.165) is 17.9 Å². The molecule has 3 nitrogen and oxygen atoms in total. The highest BCUT2D eigenvalue weighted by Gasteiger charge is 2.35. The van der Waals surface area contributed by atoms with Crippen LogP contribution in [0.4, 0.5) is 0 Å². The number of rotatable bonds is 1. The first-order chi connectivity index (χ1) is 5.79. The maximum atomic E-state index is 11.3. The van der Waals surface area contributed by atoms with Crippen molar-refractivity contribution in [2.75, 3.05) is 18.1 Å². The molecule has 0 aliphatic carbocycles. The van der Waals surface area contributed by atoms with Crippen molar-refractivity contribution in [2.45, 2.75) is 18.9 Å². The fourth-order valence-electron chi connectivity index (χ4n) is 1.71. The van der Waals surface area contributed by atoms with Gasteiger partial charge in [-0.3, -0.25) is 9.59 Å². The summed E-state index contributed by atoms with van der Waals surface area (Å²) in [6.07, 6.45) is 1.49. The number of hydrogen-bond acceptors (Lipinski definition) is 3.